The van der Waals surface area contributed by atoms with E-state index in [1.54, 1.807) is 7.11 Å². The Labute approximate surface area is 127 Å². The highest BCUT2D eigenvalue weighted by Gasteiger charge is 2.12. The average Bonchev–Trinajstić information content (AvgIpc) is 2.42. The molecular weight excluding hydrogens is 268 g/mol. The minimum atomic E-state index is 0.522. The first-order valence-electron chi connectivity index (χ1n) is 7.49. The molecule has 0 unspecified atom stereocenters. The van der Waals surface area contributed by atoms with E-state index in [9.17, 15) is 0 Å². The molecule has 0 heterocycles. The van der Waals surface area contributed by atoms with Crippen LogP contribution in [-0.4, -0.2) is 18.3 Å². The van der Waals surface area contributed by atoms with Crippen LogP contribution in [0.5, 0.6) is 5.75 Å². The molecule has 110 valence electrons. The lowest BCUT2D eigenvalue weighted by atomic mass is 9.97. The van der Waals surface area contributed by atoms with E-state index in [1.165, 1.54) is 44.9 Å². The van der Waals surface area contributed by atoms with Crippen molar-refractivity contribution in [3.05, 3.63) is 24.3 Å². The fourth-order valence-corrected chi connectivity index (χ4v) is 2.91. The average molecular weight is 292 g/mol. The van der Waals surface area contributed by atoms with Gasteiger partial charge in [-0.05, 0) is 49.3 Å². The Hall–Kier alpha value is -1.29. The molecule has 0 amide bonds. The zero-order chi connectivity index (χ0) is 14.2. The van der Waals surface area contributed by atoms with E-state index in [0.29, 0.717) is 6.04 Å². The van der Waals surface area contributed by atoms with Crippen molar-refractivity contribution in [1.82, 2.24) is 5.32 Å². The molecule has 3 nitrogen and oxygen atoms in total. The van der Waals surface area contributed by atoms with E-state index < -0.39 is 0 Å². The van der Waals surface area contributed by atoms with Gasteiger partial charge < -0.3 is 15.4 Å². The molecule has 1 aromatic carbocycles. The van der Waals surface area contributed by atoms with E-state index in [4.69, 9.17) is 17.0 Å². The molecule has 0 bridgehead atoms. The Balaban J connectivity index is 1.81. The Kier molecular flexibility index (Phi) is 6.12. The highest BCUT2D eigenvalue weighted by atomic mass is 32.1. The van der Waals surface area contributed by atoms with Gasteiger partial charge in [-0.3, -0.25) is 0 Å². The Morgan fingerprint density at radius 2 is 1.65 bits per heavy atom. The summed E-state index contributed by atoms with van der Waals surface area (Å²) in [6, 6.07) is 8.34. The first kappa shape index (κ1) is 15.1. The summed E-state index contributed by atoms with van der Waals surface area (Å²) >= 11 is 5.40. The van der Waals surface area contributed by atoms with Crippen LogP contribution in [0.3, 0.4) is 0 Å². The lowest BCUT2D eigenvalue weighted by Crippen LogP contribution is -2.38. The maximum atomic E-state index is 5.40. The maximum absolute atomic E-state index is 5.40. The predicted molar refractivity (Wildman–Crippen MR) is 88.5 cm³/mol. The highest BCUT2D eigenvalue weighted by molar-refractivity contribution is 7.80. The number of rotatable bonds is 3. The predicted octanol–water partition coefficient (Wildman–Crippen LogP) is 4.09. The van der Waals surface area contributed by atoms with Gasteiger partial charge in [0.25, 0.3) is 0 Å². The smallest absolute Gasteiger partial charge is 0.170 e. The summed E-state index contributed by atoms with van der Waals surface area (Å²) in [6.45, 7) is 0. The van der Waals surface area contributed by atoms with Crippen LogP contribution < -0.4 is 15.4 Å². The van der Waals surface area contributed by atoms with Gasteiger partial charge in [0.1, 0.15) is 5.75 Å². The zero-order valence-electron chi connectivity index (χ0n) is 12.2. The van der Waals surface area contributed by atoms with Crippen molar-refractivity contribution in [3.8, 4) is 5.75 Å². The van der Waals surface area contributed by atoms with Crippen molar-refractivity contribution in [3.63, 3.8) is 0 Å². The molecule has 1 aromatic rings. The number of hydrogen-bond donors (Lipinski definition) is 2. The van der Waals surface area contributed by atoms with Crippen LogP contribution >= 0.6 is 12.2 Å². The number of benzene rings is 1. The second-order valence-electron chi connectivity index (χ2n) is 5.37. The molecule has 1 aliphatic carbocycles. The number of anilines is 1. The number of ether oxygens (including phenoxy) is 1. The van der Waals surface area contributed by atoms with Gasteiger partial charge in [0.05, 0.1) is 7.11 Å². The van der Waals surface area contributed by atoms with Crippen LogP contribution in [0.2, 0.25) is 0 Å². The van der Waals surface area contributed by atoms with Crippen LogP contribution in [-0.2, 0) is 0 Å². The SMILES string of the molecule is COc1ccc(NC(=S)NC2CCCCCCC2)cc1. The second kappa shape index (κ2) is 8.10. The minimum absolute atomic E-state index is 0.522. The zero-order valence-corrected chi connectivity index (χ0v) is 13.0. The van der Waals surface area contributed by atoms with Gasteiger partial charge in [0.2, 0.25) is 0 Å². The van der Waals surface area contributed by atoms with Crippen LogP contribution in [0.25, 0.3) is 0 Å². The molecule has 1 aliphatic rings. The van der Waals surface area contributed by atoms with E-state index in [2.05, 4.69) is 10.6 Å². The summed E-state index contributed by atoms with van der Waals surface area (Å²) < 4.78 is 5.15. The second-order valence-corrected chi connectivity index (χ2v) is 5.78. The molecule has 20 heavy (non-hydrogen) atoms. The lowest BCUT2D eigenvalue weighted by Gasteiger charge is -2.22. The quantitative estimate of drug-likeness (QED) is 0.822. The normalized spacial score (nSPS) is 16.9. The number of thiocarbonyl (C=S) groups is 1. The van der Waals surface area contributed by atoms with Crippen molar-refractivity contribution in [2.24, 2.45) is 0 Å². The van der Waals surface area contributed by atoms with Gasteiger partial charge in [-0.25, -0.2) is 0 Å². The van der Waals surface area contributed by atoms with E-state index >= 15 is 0 Å². The molecule has 0 saturated heterocycles. The molecule has 0 aromatic heterocycles. The Bertz CT molecular complexity index is 411. The third-order valence-corrected chi connectivity index (χ3v) is 4.01. The van der Waals surface area contributed by atoms with Gasteiger partial charge in [-0.2, -0.15) is 0 Å². The molecule has 1 saturated carbocycles. The van der Waals surface area contributed by atoms with Crippen molar-refractivity contribution in [2.45, 2.75) is 51.0 Å². The molecule has 2 N–H and O–H groups in total. The largest absolute Gasteiger partial charge is 0.497 e. The highest BCUT2D eigenvalue weighted by Crippen LogP contribution is 2.18. The van der Waals surface area contributed by atoms with E-state index in [1.807, 2.05) is 24.3 Å². The third kappa shape index (κ3) is 5.00. The van der Waals surface area contributed by atoms with Crippen LogP contribution in [0, 0.1) is 0 Å². The fourth-order valence-electron chi connectivity index (χ4n) is 2.63. The summed E-state index contributed by atoms with van der Waals surface area (Å²) in [4.78, 5) is 0. The van der Waals surface area contributed by atoms with Gasteiger partial charge in [0.15, 0.2) is 5.11 Å². The number of methoxy groups -OCH3 is 1. The first-order valence-corrected chi connectivity index (χ1v) is 7.90. The molecule has 1 fully saturated rings. The standard InChI is InChI=1S/C16H24N2OS/c1-19-15-11-9-14(10-12-15)18-16(20)17-13-7-5-3-2-4-6-8-13/h9-13H,2-8H2,1H3,(H2,17,18,20). The van der Waals surface area contributed by atoms with Crippen LogP contribution in [0.15, 0.2) is 24.3 Å². The molecule has 0 atom stereocenters. The summed E-state index contributed by atoms with van der Waals surface area (Å²) in [5.74, 6) is 0.856. The topological polar surface area (TPSA) is 33.3 Å². The van der Waals surface area contributed by atoms with Crippen molar-refractivity contribution in [1.29, 1.82) is 0 Å². The number of nitrogens with one attached hydrogen (secondary N) is 2. The Morgan fingerprint density at radius 1 is 1.05 bits per heavy atom. The first-order chi connectivity index (χ1) is 9.78. The molecule has 0 spiro atoms. The van der Waals surface area contributed by atoms with Crippen LogP contribution in [0.4, 0.5) is 5.69 Å². The summed E-state index contributed by atoms with van der Waals surface area (Å²) in [7, 11) is 1.67. The number of hydrogen-bond acceptors (Lipinski definition) is 2. The summed E-state index contributed by atoms with van der Waals surface area (Å²) in [5, 5.41) is 7.42. The van der Waals surface area contributed by atoms with E-state index in [-0.39, 0.29) is 0 Å². The monoisotopic (exact) mass is 292 g/mol. The van der Waals surface area contributed by atoms with Gasteiger partial charge >= 0.3 is 0 Å². The minimum Gasteiger partial charge on any atom is -0.497 e. The third-order valence-electron chi connectivity index (χ3n) is 3.79. The molecule has 2 rings (SSSR count). The van der Waals surface area contributed by atoms with Crippen LogP contribution in [0.1, 0.15) is 44.9 Å². The molecular formula is C16H24N2OS. The van der Waals surface area contributed by atoms with Gasteiger partial charge in [-0.1, -0.05) is 32.1 Å². The van der Waals surface area contributed by atoms with Crippen molar-refractivity contribution >= 4 is 23.0 Å². The molecule has 0 aliphatic heterocycles. The lowest BCUT2D eigenvalue weighted by molar-refractivity contribution is 0.415. The Morgan fingerprint density at radius 3 is 2.25 bits per heavy atom. The summed E-state index contributed by atoms with van der Waals surface area (Å²) in [6.07, 6.45) is 9.18. The molecule has 4 heteroatoms. The fraction of sp³-hybridized carbons (Fsp3) is 0.562. The van der Waals surface area contributed by atoms with Crippen molar-refractivity contribution in [2.75, 3.05) is 12.4 Å². The van der Waals surface area contributed by atoms with E-state index in [0.717, 1.165) is 16.5 Å². The van der Waals surface area contributed by atoms with Gasteiger partial charge in [0, 0.05) is 11.7 Å². The summed E-state index contributed by atoms with van der Waals surface area (Å²) in [5.41, 5.74) is 0.995. The molecule has 0 radical (unpaired) electrons. The van der Waals surface area contributed by atoms with Gasteiger partial charge in [-0.15, -0.1) is 0 Å². The maximum Gasteiger partial charge on any atom is 0.170 e. The van der Waals surface area contributed by atoms with Crippen molar-refractivity contribution < 1.29 is 4.74 Å².